The van der Waals surface area contributed by atoms with Crippen LogP contribution in [-0.4, -0.2) is 4.98 Å². The largest absolute Gasteiger partial charge is 0.358 e. The fourth-order valence-electron chi connectivity index (χ4n) is 1.44. The first-order valence-electron chi connectivity index (χ1n) is 4.45. The van der Waals surface area contributed by atoms with Crippen LogP contribution < -0.4 is 0 Å². The summed E-state index contributed by atoms with van der Waals surface area (Å²) in [7, 11) is 0. The molecule has 2 rings (SSSR count). The van der Waals surface area contributed by atoms with Gasteiger partial charge in [0.15, 0.2) is 0 Å². The maximum absolute atomic E-state index is 12.8. The van der Waals surface area contributed by atoms with Crippen LogP contribution in [0.3, 0.4) is 0 Å². The minimum atomic E-state index is -0.179. The van der Waals surface area contributed by atoms with E-state index < -0.39 is 0 Å². The second kappa shape index (κ2) is 2.87. The highest BCUT2D eigenvalue weighted by Crippen LogP contribution is 2.21. The Hall–Kier alpha value is -1.31. The van der Waals surface area contributed by atoms with Crippen LogP contribution in [0.1, 0.15) is 25.5 Å². The van der Waals surface area contributed by atoms with Crippen LogP contribution in [0.4, 0.5) is 4.39 Å². The number of hydrogen-bond acceptors (Lipinski definition) is 0. The van der Waals surface area contributed by atoms with E-state index >= 15 is 0 Å². The maximum Gasteiger partial charge on any atom is 0.123 e. The zero-order valence-corrected chi connectivity index (χ0v) is 7.76. The summed E-state index contributed by atoms with van der Waals surface area (Å²) in [6, 6.07) is 6.81. The minimum absolute atomic E-state index is 0.179. The highest BCUT2D eigenvalue weighted by molar-refractivity contribution is 5.80. The molecule has 0 bridgehead atoms. The molecule has 0 amide bonds. The summed E-state index contributed by atoms with van der Waals surface area (Å²) in [6.45, 7) is 4.22. The van der Waals surface area contributed by atoms with Crippen molar-refractivity contribution in [1.29, 1.82) is 0 Å². The lowest BCUT2D eigenvalue weighted by Crippen LogP contribution is -1.84. The van der Waals surface area contributed by atoms with Crippen LogP contribution in [0.5, 0.6) is 0 Å². The fraction of sp³-hybridized carbons (Fsp3) is 0.273. The number of H-pyrrole nitrogens is 1. The molecule has 0 unspecified atom stereocenters. The summed E-state index contributed by atoms with van der Waals surface area (Å²) in [5.74, 6) is 0.275. The second-order valence-electron chi connectivity index (χ2n) is 3.61. The molecule has 1 N–H and O–H groups in total. The molecule has 0 saturated heterocycles. The molecule has 1 aromatic heterocycles. The standard InChI is InChI=1S/C11H12FN/c1-7(2)11-6-8-5-9(12)3-4-10(8)13-11/h3-7,13H,1-2H3. The molecule has 0 radical (unpaired) electrons. The number of nitrogens with one attached hydrogen (secondary N) is 1. The third kappa shape index (κ3) is 1.44. The zero-order chi connectivity index (χ0) is 9.42. The smallest absolute Gasteiger partial charge is 0.123 e. The van der Waals surface area contributed by atoms with Gasteiger partial charge in [-0.25, -0.2) is 4.39 Å². The number of benzene rings is 1. The molecule has 0 saturated carbocycles. The Bertz CT molecular complexity index is 429. The Kier molecular flexibility index (Phi) is 1.83. The lowest BCUT2D eigenvalue weighted by Gasteiger charge is -1.97. The lowest BCUT2D eigenvalue weighted by atomic mass is 10.1. The van der Waals surface area contributed by atoms with E-state index in [0.29, 0.717) is 5.92 Å². The number of rotatable bonds is 1. The Labute approximate surface area is 76.6 Å². The highest BCUT2D eigenvalue weighted by atomic mass is 19.1. The van der Waals surface area contributed by atoms with Crippen LogP contribution in [0, 0.1) is 5.82 Å². The minimum Gasteiger partial charge on any atom is -0.358 e. The van der Waals surface area contributed by atoms with Crippen molar-refractivity contribution >= 4 is 10.9 Å². The normalized spacial score (nSPS) is 11.4. The van der Waals surface area contributed by atoms with Gasteiger partial charge in [-0.05, 0) is 30.2 Å². The van der Waals surface area contributed by atoms with Crippen molar-refractivity contribution in [2.45, 2.75) is 19.8 Å². The highest BCUT2D eigenvalue weighted by Gasteiger charge is 2.04. The number of halogens is 1. The maximum atomic E-state index is 12.8. The fourth-order valence-corrected chi connectivity index (χ4v) is 1.44. The van der Waals surface area contributed by atoms with Crippen LogP contribution >= 0.6 is 0 Å². The quantitative estimate of drug-likeness (QED) is 0.686. The molecule has 0 atom stereocenters. The average Bonchev–Trinajstić information content (AvgIpc) is 2.46. The van der Waals surface area contributed by atoms with E-state index in [1.54, 1.807) is 12.1 Å². The predicted molar refractivity (Wildman–Crippen MR) is 52.3 cm³/mol. The SMILES string of the molecule is CC(C)c1cc2cc(F)ccc2[nH]1. The van der Waals surface area contributed by atoms with Crippen molar-refractivity contribution in [3.8, 4) is 0 Å². The van der Waals surface area contributed by atoms with Crippen LogP contribution in [0.25, 0.3) is 10.9 Å². The van der Waals surface area contributed by atoms with E-state index in [-0.39, 0.29) is 5.82 Å². The molecular formula is C11H12FN. The third-order valence-corrected chi connectivity index (χ3v) is 2.23. The lowest BCUT2D eigenvalue weighted by molar-refractivity contribution is 0.630. The molecule has 2 aromatic rings. The van der Waals surface area contributed by atoms with E-state index in [0.717, 1.165) is 16.6 Å². The van der Waals surface area contributed by atoms with Crippen molar-refractivity contribution in [2.75, 3.05) is 0 Å². The van der Waals surface area contributed by atoms with Crippen LogP contribution in [0.15, 0.2) is 24.3 Å². The first-order valence-corrected chi connectivity index (χ1v) is 4.45. The number of aromatic amines is 1. The van der Waals surface area contributed by atoms with E-state index in [1.165, 1.54) is 6.07 Å². The molecule has 1 nitrogen and oxygen atoms in total. The van der Waals surface area contributed by atoms with Crippen molar-refractivity contribution in [3.05, 3.63) is 35.8 Å². The summed E-state index contributed by atoms with van der Waals surface area (Å²) in [4.78, 5) is 3.26. The van der Waals surface area contributed by atoms with Gasteiger partial charge in [0.1, 0.15) is 5.82 Å². The van der Waals surface area contributed by atoms with Gasteiger partial charge in [0, 0.05) is 16.6 Å². The molecule has 0 aliphatic heterocycles. The van der Waals surface area contributed by atoms with Crippen molar-refractivity contribution < 1.29 is 4.39 Å². The van der Waals surface area contributed by atoms with Crippen molar-refractivity contribution in [2.24, 2.45) is 0 Å². The molecule has 0 fully saturated rings. The predicted octanol–water partition coefficient (Wildman–Crippen LogP) is 3.43. The summed E-state index contributed by atoms with van der Waals surface area (Å²) in [5.41, 5.74) is 2.16. The Morgan fingerprint density at radius 3 is 2.69 bits per heavy atom. The Balaban J connectivity index is 2.62. The van der Waals surface area contributed by atoms with E-state index in [9.17, 15) is 4.39 Å². The van der Waals surface area contributed by atoms with E-state index in [4.69, 9.17) is 0 Å². The average molecular weight is 177 g/mol. The summed E-state index contributed by atoms with van der Waals surface area (Å²) in [6.07, 6.45) is 0. The van der Waals surface area contributed by atoms with Gasteiger partial charge in [0.2, 0.25) is 0 Å². The van der Waals surface area contributed by atoms with Crippen molar-refractivity contribution in [1.82, 2.24) is 4.98 Å². The number of hydrogen-bond donors (Lipinski definition) is 1. The molecule has 0 aliphatic rings. The van der Waals surface area contributed by atoms with E-state index in [2.05, 4.69) is 18.8 Å². The van der Waals surface area contributed by atoms with Gasteiger partial charge in [-0.1, -0.05) is 13.8 Å². The van der Waals surface area contributed by atoms with Gasteiger partial charge in [-0.15, -0.1) is 0 Å². The van der Waals surface area contributed by atoms with Gasteiger partial charge in [0.25, 0.3) is 0 Å². The molecule has 13 heavy (non-hydrogen) atoms. The molecule has 2 heteroatoms. The van der Waals surface area contributed by atoms with Gasteiger partial charge < -0.3 is 4.98 Å². The second-order valence-corrected chi connectivity index (χ2v) is 3.61. The summed E-state index contributed by atoms with van der Waals surface area (Å²) >= 11 is 0. The van der Waals surface area contributed by atoms with Gasteiger partial charge in [-0.2, -0.15) is 0 Å². The first-order chi connectivity index (χ1) is 6.16. The molecule has 1 aromatic carbocycles. The summed E-state index contributed by atoms with van der Waals surface area (Å²) < 4.78 is 12.8. The molecule has 0 spiro atoms. The zero-order valence-electron chi connectivity index (χ0n) is 7.76. The van der Waals surface area contributed by atoms with Gasteiger partial charge >= 0.3 is 0 Å². The van der Waals surface area contributed by atoms with Crippen LogP contribution in [-0.2, 0) is 0 Å². The van der Waals surface area contributed by atoms with Crippen LogP contribution in [0.2, 0.25) is 0 Å². The topological polar surface area (TPSA) is 15.8 Å². The monoisotopic (exact) mass is 177 g/mol. The third-order valence-electron chi connectivity index (χ3n) is 2.23. The number of fused-ring (bicyclic) bond motifs is 1. The van der Waals surface area contributed by atoms with Crippen molar-refractivity contribution in [3.63, 3.8) is 0 Å². The molecule has 1 heterocycles. The van der Waals surface area contributed by atoms with E-state index in [1.807, 2.05) is 6.07 Å². The molecular weight excluding hydrogens is 165 g/mol. The van der Waals surface area contributed by atoms with Gasteiger partial charge in [0.05, 0.1) is 0 Å². The first kappa shape index (κ1) is 8.30. The molecule has 68 valence electrons. The Morgan fingerprint density at radius 1 is 1.23 bits per heavy atom. The van der Waals surface area contributed by atoms with Gasteiger partial charge in [-0.3, -0.25) is 0 Å². The Morgan fingerprint density at radius 2 is 2.00 bits per heavy atom. The summed E-state index contributed by atoms with van der Waals surface area (Å²) in [5, 5.41) is 0.948. The molecule has 0 aliphatic carbocycles. The number of aromatic nitrogens is 1.